The molecule has 0 amide bonds. The second-order valence-corrected chi connectivity index (χ2v) is 7.28. The normalized spacial score (nSPS) is 9.45. The number of rotatable bonds is 10. The molecule has 2 N–H and O–H groups in total. The summed E-state index contributed by atoms with van der Waals surface area (Å²) in [5, 5.41) is 16.1. The van der Waals surface area contributed by atoms with Gasteiger partial charge in [-0.05, 0) is 11.8 Å². The summed E-state index contributed by atoms with van der Waals surface area (Å²) in [7, 11) is -8.78. The summed E-state index contributed by atoms with van der Waals surface area (Å²) in [5.41, 5.74) is 0. The SMILES string of the molecule is C#CCOP(=O)(OCC#C)OP(=O)(OCC#C)OCC#C.OCC#CC#CCO. The minimum atomic E-state index is -4.39. The Morgan fingerprint density at radius 3 is 1.10 bits per heavy atom. The van der Waals surface area contributed by atoms with Gasteiger partial charge in [-0.2, -0.15) is 4.31 Å². The van der Waals surface area contributed by atoms with Crippen molar-refractivity contribution in [1.82, 2.24) is 0 Å². The largest absolute Gasteiger partial charge is 0.485 e. The molecule has 154 valence electrons. The standard InChI is InChI=1S/C12H12O7P2.C6H6O2/c1-5-9-15-20(13,16-10-6-2)19-21(14,17-11-7-3)18-12-8-4;7-5-3-1-2-4-6-8/h1-4H,9-12H2;7-8H,5-6H2. The fourth-order valence-corrected chi connectivity index (χ4v) is 3.74. The molecule has 0 saturated carbocycles. The zero-order chi connectivity index (χ0) is 22.4. The first kappa shape index (κ1) is 28.7. The van der Waals surface area contributed by atoms with Crippen LogP contribution in [0.4, 0.5) is 0 Å². The van der Waals surface area contributed by atoms with Crippen molar-refractivity contribution in [3.8, 4) is 73.1 Å². The molecule has 0 unspecified atom stereocenters. The predicted molar refractivity (Wildman–Crippen MR) is 105 cm³/mol. The van der Waals surface area contributed by atoms with E-state index in [4.69, 9.17) is 35.9 Å². The van der Waals surface area contributed by atoms with Crippen molar-refractivity contribution in [3.05, 3.63) is 0 Å². The molecular weight excluding hydrogens is 422 g/mol. The van der Waals surface area contributed by atoms with Crippen LogP contribution in [0.3, 0.4) is 0 Å². The highest BCUT2D eigenvalue weighted by molar-refractivity contribution is 7.62. The van der Waals surface area contributed by atoms with Gasteiger partial charge in [-0.25, -0.2) is 9.13 Å². The molecule has 0 atom stereocenters. The molecule has 0 aliphatic rings. The highest BCUT2D eigenvalue weighted by Crippen LogP contribution is 2.65. The van der Waals surface area contributed by atoms with Crippen LogP contribution in [0.25, 0.3) is 0 Å². The number of aliphatic hydroxyl groups is 2. The molecule has 0 aliphatic carbocycles. The van der Waals surface area contributed by atoms with E-state index in [0.717, 1.165) is 0 Å². The predicted octanol–water partition coefficient (Wildman–Crippen LogP) is 0.796. The fraction of sp³-hybridized carbons (Fsp3) is 0.333. The first-order valence-electron chi connectivity index (χ1n) is 7.27. The molecule has 29 heavy (non-hydrogen) atoms. The van der Waals surface area contributed by atoms with E-state index in [2.05, 4.69) is 46.1 Å². The fourth-order valence-electron chi connectivity index (χ4n) is 0.924. The molecule has 9 nitrogen and oxygen atoms in total. The summed E-state index contributed by atoms with van der Waals surface area (Å²) in [5.74, 6) is 17.4. The second kappa shape index (κ2) is 18.9. The van der Waals surface area contributed by atoms with Gasteiger partial charge in [-0.1, -0.05) is 35.5 Å². The molecule has 0 heterocycles. The number of hydrogen-bond donors (Lipinski definition) is 2. The third-order valence-electron chi connectivity index (χ3n) is 1.82. The molecule has 0 spiro atoms. The Morgan fingerprint density at radius 2 is 0.897 bits per heavy atom. The Bertz CT molecular complexity index is 744. The van der Waals surface area contributed by atoms with Crippen LogP contribution in [0.1, 0.15) is 0 Å². The van der Waals surface area contributed by atoms with E-state index < -0.39 is 42.1 Å². The van der Waals surface area contributed by atoms with E-state index in [0.29, 0.717) is 0 Å². The molecule has 0 aromatic rings. The van der Waals surface area contributed by atoms with Crippen LogP contribution in [0, 0.1) is 73.1 Å². The van der Waals surface area contributed by atoms with E-state index in [1.54, 1.807) is 0 Å². The lowest BCUT2D eigenvalue weighted by Gasteiger charge is -2.20. The van der Waals surface area contributed by atoms with Gasteiger partial charge in [0.1, 0.15) is 39.6 Å². The molecule has 0 bridgehead atoms. The van der Waals surface area contributed by atoms with E-state index in [1.165, 1.54) is 0 Å². The molecule has 0 rings (SSSR count). The van der Waals surface area contributed by atoms with Gasteiger partial charge in [-0.15, -0.1) is 25.7 Å². The maximum Gasteiger partial charge on any atom is 0.485 e. The first-order valence-corrected chi connectivity index (χ1v) is 10.2. The molecule has 0 aliphatic heterocycles. The average Bonchev–Trinajstić information content (AvgIpc) is 2.72. The summed E-state index contributed by atoms with van der Waals surface area (Å²) < 4.78 is 47.8. The summed E-state index contributed by atoms with van der Waals surface area (Å²) in [6.07, 6.45) is 19.8. The lowest BCUT2D eigenvalue weighted by molar-refractivity contribution is 0.134. The van der Waals surface area contributed by atoms with Crippen LogP contribution < -0.4 is 0 Å². The van der Waals surface area contributed by atoms with Crippen LogP contribution >= 0.6 is 15.6 Å². The number of hydrogen-bond acceptors (Lipinski definition) is 9. The van der Waals surface area contributed by atoms with Crippen molar-refractivity contribution >= 4 is 15.6 Å². The van der Waals surface area contributed by atoms with Gasteiger partial charge < -0.3 is 10.2 Å². The van der Waals surface area contributed by atoms with Crippen LogP contribution in [0.2, 0.25) is 0 Å². The van der Waals surface area contributed by atoms with Gasteiger partial charge in [0.15, 0.2) is 0 Å². The van der Waals surface area contributed by atoms with Crippen molar-refractivity contribution in [2.45, 2.75) is 0 Å². The highest BCUT2D eigenvalue weighted by atomic mass is 31.3. The van der Waals surface area contributed by atoms with Crippen LogP contribution in [0.5, 0.6) is 0 Å². The Kier molecular flexibility index (Phi) is 18.7. The monoisotopic (exact) mass is 440 g/mol. The van der Waals surface area contributed by atoms with Crippen molar-refractivity contribution in [2.75, 3.05) is 39.6 Å². The van der Waals surface area contributed by atoms with E-state index in [1.807, 2.05) is 23.7 Å². The lowest BCUT2D eigenvalue weighted by Crippen LogP contribution is -2.05. The van der Waals surface area contributed by atoms with Gasteiger partial charge >= 0.3 is 15.6 Å². The number of phosphoric ester groups is 2. The zero-order valence-electron chi connectivity index (χ0n) is 15.2. The maximum atomic E-state index is 12.2. The number of terminal acetylenes is 4. The van der Waals surface area contributed by atoms with Gasteiger partial charge in [-0.3, -0.25) is 18.1 Å². The van der Waals surface area contributed by atoms with Gasteiger partial charge in [0.25, 0.3) is 0 Å². The molecular formula is C18H18O9P2. The topological polar surface area (TPSA) is 121 Å². The Hall–Kier alpha value is -2.46. The highest BCUT2D eigenvalue weighted by Gasteiger charge is 2.40. The van der Waals surface area contributed by atoms with Crippen LogP contribution in [0.15, 0.2) is 0 Å². The Balaban J connectivity index is 0. The zero-order valence-corrected chi connectivity index (χ0v) is 17.0. The van der Waals surface area contributed by atoms with E-state index in [9.17, 15) is 9.13 Å². The summed E-state index contributed by atoms with van der Waals surface area (Å²) in [6.45, 7) is -2.17. The van der Waals surface area contributed by atoms with E-state index in [-0.39, 0.29) is 13.2 Å². The molecule has 0 fully saturated rings. The summed E-state index contributed by atoms with van der Waals surface area (Å²) in [4.78, 5) is 0. The van der Waals surface area contributed by atoms with Crippen molar-refractivity contribution in [2.24, 2.45) is 0 Å². The van der Waals surface area contributed by atoms with Crippen LogP contribution in [-0.4, -0.2) is 49.9 Å². The van der Waals surface area contributed by atoms with Crippen molar-refractivity contribution in [1.29, 1.82) is 0 Å². The quantitative estimate of drug-likeness (QED) is 0.375. The Morgan fingerprint density at radius 1 is 0.621 bits per heavy atom. The number of phosphoric acid groups is 2. The molecule has 0 radical (unpaired) electrons. The second-order valence-electron chi connectivity index (χ2n) is 3.81. The van der Waals surface area contributed by atoms with Crippen molar-refractivity contribution < 1.29 is 41.7 Å². The molecule has 0 aromatic carbocycles. The third kappa shape index (κ3) is 17.4. The van der Waals surface area contributed by atoms with Crippen LogP contribution in [-0.2, 0) is 31.5 Å². The molecule has 0 aromatic heterocycles. The average molecular weight is 440 g/mol. The van der Waals surface area contributed by atoms with Gasteiger partial charge in [0.2, 0.25) is 0 Å². The number of aliphatic hydroxyl groups excluding tert-OH is 2. The summed E-state index contributed by atoms with van der Waals surface area (Å²) in [6, 6.07) is 0. The van der Waals surface area contributed by atoms with Crippen molar-refractivity contribution in [3.63, 3.8) is 0 Å². The first-order chi connectivity index (χ1) is 13.9. The Labute approximate surface area is 170 Å². The maximum absolute atomic E-state index is 12.2. The summed E-state index contributed by atoms with van der Waals surface area (Å²) >= 11 is 0. The van der Waals surface area contributed by atoms with E-state index >= 15 is 0 Å². The third-order valence-corrected chi connectivity index (χ3v) is 5.20. The lowest BCUT2D eigenvalue weighted by atomic mass is 10.5. The molecule has 0 saturated heterocycles. The minimum absolute atomic E-state index is 0.180. The molecule has 11 heteroatoms. The smallest absolute Gasteiger partial charge is 0.384 e. The van der Waals surface area contributed by atoms with Gasteiger partial charge in [0.05, 0.1) is 0 Å². The minimum Gasteiger partial charge on any atom is -0.384 e. The van der Waals surface area contributed by atoms with Gasteiger partial charge in [0, 0.05) is 0 Å².